The van der Waals surface area contributed by atoms with Crippen molar-refractivity contribution in [2.45, 2.75) is 45.2 Å². The van der Waals surface area contributed by atoms with Crippen molar-refractivity contribution >= 4 is 13.9 Å². The van der Waals surface area contributed by atoms with Gasteiger partial charge in [-0.05, 0) is 31.0 Å². The molecular formula is C14H19F3OSi. The first-order valence-electron chi connectivity index (χ1n) is 6.22. The molecule has 1 aromatic rings. The number of halogens is 3. The molecule has 19 heavy (non-hydrogen) atoms. The molecule has 0 bridgehead atoms. The molecule has 0 aliphatic heterocycles. The Hall–Kier alpha value is -1.10. The van der Waals surface area contributed by atoms with Gasteiger partial charge in [0.25, 0.3) is 0 Å². The molecule has 0 radical (unpaired) electrons. The first-order chi connectivity index (χ1) is 8.50. The average Bonchev–Trinajstić information content (AvgIpc) is 2.23. The summed E-state index contributed by atoms with van der Waals surface area (Å²) >= 11 is 0. The Bertz CT molecular complexity index is 473. The lowest BCUT2D eigenvalue weighted by molar-refractivity contribution is -0.137. The maximum atomic E-state index is 12.7. The standard InChI is InChI=1S/C14H19F3OSi/c1-10(18)13-6-5-12(14(15,16)17)9-11(13)7-8-19(2,3)4/h5-6,9H,7-8H2,1-4H3. The van der Waals surface area contributed by atoms with E-state index < -0.39 is 19.8 Å². The second-order valence-corrected chi connectivity index (χ2v) is 11.6. The second-order valence-electron chi connectivity index (χ2n) is 5.99. The van der Waals surface area contributed by atoms with Crippen LogP contribution in [0.25, 0.3) is 0 Å². The van der Waals surface area contributed by atoms with Crippen LogP contribution < -0.4 is 0 Å². The van der Waals surface area contributed by atoms with E-state index >= 15 is 0 Å². The van der Waals surface area contributed by atoms with Crippen LogP contribution in [0, 0.1) is 0 Å². The lowest BCUT2D eigenvalue weighted by Gasteiger charge is -2.17. The summed E-state index contributed by atoms with van der Waals surface area (Å²) in [7, 11) is -1.35. The predicted octanol–water partition coefficient (Wildman–Crippen LogP) is 4.79. The first kappa shape index (κ1) is 16.0. The van der Waals surface area contributed by atoms with Crippen LogP contribution in [-0.2, 0) is 12.6 Å². The highest BCUT2D eigenvalue weighted by Crippen LogP contribution is 2.31. The first-order valence-corrected chi connectivity index (χ1v) is 9.92. The van der Waals surface area contributed by atoms with Gasteiger partial charge in [-0.2, -0.15) is 13.2 Å². The second kappa shape index (κ2) is 5.49. The van der Waals surface area contributed by atoms with Gasteiger partial charge in [-0.15, -0.1) is 0 Å². The van der Waals surface area contributed by atoms with E-state index in [1.165, 1.54) is 13.0 Å². The summed E-state index contributed by atoms with van der Waals surface area (Å²) in [5.41, 5.74) is 0.249. The topological polar surface area (TPSA) is 17.1 Å². The summed E-state index contributed by atoms with van der Waals surface area (Å²) < 4.78 is 38.1. The summed E-state index contributed by atoms with van der Waals surface area (Å²) in [6, 6.07) is 4.27. The number of hydrogen-bond donors (Lipinski definition) is 0. The molecule has 0 saturated heterocycles. The predicted molar refractivity (Wildman–Crippen MR) is 73.3 cm³/mol. The minimum absolute atomic E-state index is 0.181. The van der Waals surface area contributed by atoms with Crippen molar-refractivity contribution < 1.29 is 18.0 Å². The van der Waals surface area contributed by atoms with Gasteiger partial charge in [0.1, 0.15) is 0 Å². The van der Waals surface area contributed by atoms with Crippen LogP contribution >= 0.6 is 0 Å². The maximum absolute atomic E-state index is 12.7. The molecule has 0 fully saturated rings. The zero-order chi connectivity index (χ0) is 14.8. The molecule has 0 aliphatic rings. The van der Waals surface area contributed by atoms with Crippen molar-refractivity contribution in [3.05, 3.63) is 34.9 Å². The van der Waals surface area contributed by atoms with Crippen molar-refractivity contribution in [3.8, 4) is 0 Å². The number of hydrogen-bond acceptors (Lipinski definition) is 1. The number of carbonyl (C=O) groups excluding carboxylic acids is 1. The molecule has 0 amide bonds. The number of rotatable bonds is 4. The number of benzene rings is 1. The smallest absolute Gasteiger partial charge is 0.295 e. The van der Waals surface area contributed by atoms with Gasteiger partial charge in [-0.1, -0.05) is 31.8 Å². The van der Waals surface area contributed by atoms with Crippen molar-refractivity contribution in [3.63, 3.8) is 0 Å². The Balaban J connectivity index is 3.13. The zero-order valence-electron chi connectivity index (χ0n) is 11.7. The molecule has 0 aromatic heterocycles. The molecule has 0 unspecified atom stereocenters. The average molecular weight is 288 g/mol. The van der Waals surface area contributed by atoms with Gasteiger partial charge in [0.2, 0.25) is 0 Å². The van der Waals surface area contributed by atoms with Gasteiger partial charge in [0.15, 0.2) is 5.78 Å². The Morgan fingerprint density at radius 3 is 2.21 bits per heavy atom. The molecule has 0 atom stereocenters. The van der Waals surface area contributed by atoms with Gasteiger partial charge >= 0.3 is 6.18 Å². The van der Waals surface area contributed by atoms with Crippen molar-refractivity contribution in [1.29, 1.82) is 0 Å². The van der Waals surface area contributed by atoms with Gasteiger partial charge in [-0.3, -0.25) is 4.79 Å². The van der Waals surface area contributed by atoms with Crippen LogP contribution in [0.5, 0.6) is 0 Å². The minimum atomic E-state index is -4.36. The lowest BCUT2D eigenvalue weighted by atomic mass is 9.99. The van der Waals surface area contributed by atoms with Gasteiger partial charge in [-0.25, -0.2) is 0 Å². The fourth-order valence-corrected chi connectivity index (χ4v) is 2.85. The van der Waals surface area contributed by atoms with Crippen LogP contribution in [0.15, 0.2) is 18.2 Å². The van der Waals surface area contributed by atoms with E-state index in [0.717, 1.165) is 18.2 Å². The monoisotopic (exact) mass is 288 g/mol. The third-order valence-corrected chi connectivity index (χ3v) is 4.71. The van der Waals surface area contributed by atoms with Crippen LogP contribution in [0.1, 0.15) is 28.4 Å². The van der Waals surface area contributed by atoms with Gasteiger partial charge in [0, 0.05) is 13.6 Å². The Morgan fingerprint density at radius 2 is 1.79 bits per heavy atom. The van der Waals surface area contributed by atoms with E-state index in [1.54, 1.807) is 0 Å². The van der Waals surface area contributed by atoms with E-state index in [9.17, 15) is 18.0 Å². The Morgan fingerprint density at radius 1 is 1.21 bits per heavy atom. The molecule has 0 saturated carbocycles. The minimum Gasteiger partial charge on any atom is -0.295 e. The van der Waals surface area contributed by atoms with Gasteiger partial charge < -0.3 is 0 Å². The number of aryl methyl sites for hydroxylation is 1. The van der Waals surface area contributed by atoms with Crippen LogP contribution in [-0.4, -0.2) is 13.9 Å². The zero-order valence-corrected chi connectivity index (χ0v) is 12.7. The summed E-state index contributed by atoms with van der Waals surface area (Å²) in [4.78, 5) is 11.5. The quantitative estimate of drug-likeness (QED) is 0.575. The summed E-state index contributed by atoms with van der Waals surface area (Å²) in [6.45, 7) is 7.87. The fourth-order valence-electron chi connectivity index (χ4n) is 1.83. The number of Topliss-reactive ketones (excluding diaryl/α,β-unsaturated/α-hetero) is 1. The van der Waals surface area contributed by atoms with Gasteiger partial charge in [0.05, 0.1) is 5.56 Å². The van der Waals surface area contributed by atoms with Crippen LogP contribution in [0.2, 0.25) is 25.7 Å². The molecule has 1 rings (SSSR count). The highest BCUT2D eigenvalue weighted by Gasteiger charge is 2.31. The molecule has 106 valence electrons. The molecule has 0 spiro atoms. The maximum Gasteiger partial charge on any atom is 0.416 e. The molecule has 1 aromatic carbocycles. The molecule has 0 N–H and O–H groups in total. The number of carbonyl (C=O) groups is 1. The SMILES string of the molecule is CC(=O)c1ccc(C(F)(F)F)cc1CC[Si](C)(C)C. The van der Waals surface area contributed by atoms with Crippen molar-refractivity contribution in [2.24, 2.45) is 0 Å². The highest BCUT2D eigenvalue weighted by atomic mass is 28.3. The van der Waals surface area contributed by atoms with Crippen LogP contribution in [0.3, 0.4) is 0 Å². The largest absolute Gasteiger partial charge is 0.416 e. The summed E-state index contributed by atoms with van der Waals surface area (Å²) in [5.74, 6) is -0.181. The summed E-state index contributed by atoms with van der Waals surface area (Å²) in [5, 5.41) is 0. The Kier molecular flexibility index (Phi) is 4.61. The highest BCUT2D eigenvalue weighted by molar-refractivity contribution is 6.76. The van der Waals surface area contributed by atoms with E-state index in [-0.39, 0.29) is 5.78 Å². The van der Waals surface area contributed by atoms with E-state index in [4.69, 9.17) is 0 Å². The van der Waals surface area contributed by atoms with E-state index in [1.807, 2.05) is 0 Å². The van der Waals surface area contributed by atoms with E-state index in [2.05, 4.69) is 19.6 Å². The molecular weight excluding hydrogens is 269 g/mol. The van der Waals surface area contributed by atoms with Crippen LogP contribution in [0.4, 0.5) is 13.2 Å². The van der Waals surface area contributed by atoms with Crippen molar-refractivity contribution in [1.82, 2.24) is 0 Å². The molecule has 1 nitrogen and oxygen atoms in total. The number of alkyl halides is 3. The fraction of sp³-hybridized carbons (Fsp3) is 0.500. The molecule has 0 aliphatic carbocycles. The lowest BCUT2D eigenvalue weighted by Crippen LogP contribution is -2.20. The normalized spacial score (nSPS) is 12.6. The molecule has 5 heteroatoms. The third kappa shape index (κ3) is 4.82. The van der Waals surface area contributed by atoms with Crippen molar-refractivity contribution in [2.75, 3.05) is 0 Å². The Labute approximate surface area is 112 Å². The molecule has 0 heterocycles. The summed E-state index contributed by atoms with van der Waals surface area (Å²) in [6.07, 6.45) is -3.82. The third-order valence-electron chi connectivity index (χ3n) is 2.96. The number of ketones is 1. The van der Waals surface area contributed by atoms with E-state index in [0.29, 0.717) is 17.5 Å².